The summed E-state index contributed by atoms with van der Waals surface area (Å²) in [6.45, 7) is 7.11. The minimum absolute atomic E-state index is 0.577. The minimum atomic E-state index is 0.577. The lowest BCUT2D eigenvalue weighted by molar-refractivity contribution is -0.731. The third kappa shape index (κ3) is 12.2. The van der Waals surface area contributed by atoms with E-state index in [1.807, 2.05) is 0 Å². The van der Waals surface area contributed by atoms with Gasteiger partial charge in [-0.25, -0.2) is 4.57 Å². The highest BCUT2D eigenvalue weighted by molar-refractivity contribution is 5.15. The van der Waals surface area contributed by atoms with Gasteiger partial charge in [0.15, 0.2) is 0 Å². The number of aromatic amines is 1. The summed E-state index contributed by atoms with van der Waals surface area (Å²) in [5.41, 5.74) is 1.47. The van der Waals surface area contributed by atoms with Crippen LogP contribution in [-0.2, 0) is 6.42 Å². The molecule has 0 spiro atoms. The van der Waals surface area contributed by atoms with Gasteiger partial charge in [0, 0.05) is 5.92 Å². The highest BCUT2D eigenvalue weighted by atomic mass is 15.1. The van der Waals surface area contributed by atoms with Crippen molar-refractivity contribution < 1.29 is 4.57 Å². The molecule has 1 aromatic heterocycles. The van der Waals surface area contributed by atoms with E-state index in [1.165, 1.54) is 115 Å². The molecule has 2 nitrogen and oxygen atoms in total. The Kier molecular flexibility index (Phi) is 15.8. The highest BCUT2D eigenvalue weighted by Crippen LogP contribution is 2.30. The summed E-state index contributed by atoms with van der Waals surface area (Å²) in [6, 6.07) is 11.7. The van der Waals surface area contributed by atoms with Crippen LogP contribution in [0, 0.1) is 11.8 Å². The van der Waals surface area contributed by atoms with E-state index in [0.717, 1.165) is 0 Å². The van der Waals surface area contributed by atoms with Gasteiger partial charge in [0.25, 0.3) is 0 Å². The van der Waals surface area contributed by atoms with Gasteiger partial charge >= 0.3 is 0 Å². The van der Waals surface area contributed by atoms with E-state index in [2.05, 4.69) is 79.4 Å². The lowest BCUT2D eigenvalue weighted by Gasteiger charge is -2.28. The number of hydrogen-bond donors (Lipinski definition) is 1. The maximum Gasteiger partial charge on any atom is 0.241 e. The molecular weight excluding hydrogens is 412 g/mol. The molecule has 1 N–H and O–H groups in total. The van der Waals surface area contributed by atoms with Crippen LogP contribution < -0.4 is 4.57 Å². The normalized spacial score (nSPS) is 13.4. The average Bonchev–Trinajstić information content (AvgIpc) is 3.38. The molecule has 1 aromatic carbocycles. The average molecular weight is 468 g/mol. The number of benzene rings is 1. The molecule has 34 heavy (non-hydrogen) atoms. The topological polar surface area (TPSA) is 19.7 Å². The van der Waals surface area contributed by atoms with Crippen LogP contribution in [0.25, 0.3) is 0 Å². The van der Waals surface area contributed by atoms with Crippen molar-refractivity contribution in [1.29, 1.82) is 0 Å². The third-order valence-electron chi connectivity index (χ3n) is 7.72. The van der Waals surface area contributed by atoms with E-state index in [-0.39, 0.29) is 0 Å². The maximum absolute atomic E-state index is 3.28. The quantitative estimate of drug-likeness (QED) is 0.139. The number of rotatable bonds is 21. The van der Waals surface area contributed by atoms with Gasteiger partial charge in [-0.05, 0) is 30.7 Å². The lowest BCUT2D eigenvalue weighted by atomic mass is 9.81. The zero-order valence-corrected chi connectivity index (χ0v) is 22.8. The van der Waals surface area contributed by atoms with Gasteiger partial charge in [0.2, 0.25) is 6.33 Å². The van der Waals surface area contributed by atoms with Gasteiger partial charge in [-0.1, -0.05) is 141 Å². The fourth-order valence-electron chi connectivity index (χ4n) is 5.52. The molecule has 0 fully saturated rings. The van der Waals surface area contributed by atoms with Crippen molar-refractivity contribution in [3.05, 3.63) is 54.6 Å². The second-order valence-electron chi connectivity index (χ2n) is 11.0. The number of imidazole rings is 1. The minimum Gasteiger partial charge on any atom is -0.250 e. The summed E-state index contributed by atoms with van der Waals surface area (Å²) in [4.78, 5) is 3.28. The summed E-state index contributed by atoms with van der Waals surface area (Å²) >= 11 is 0. The Morgan fingerprint density at radius 2 is 1.24 bits per heavy atom. The molecule has 0 saturated carbocycles. The van der Waals surface area contributed by atoms with Crippen molar-refractivity contribution in [3.63, 3.8) is 0 Å². The third-order valence-corrected chi connectivity index (χ3v) is 7.72. The van der Waals surface area contributed by atoms with Crippen LogP contribution in [0.15, 0.2) is 49.1 Å². The summed E-state index contributed by atoms with van der Waals surface area (Å²) in [5.74, 6) is 1.33. The van der Waals surface area contributed by atoms with E-state index in [0.29, 0.717) is 17.9 Å². The number of hydrogen-bond acceptors (Lipinski definition) is 0. The fraction of sp³-hybridized carbons (Fsp3) is 0.719. The molecule has 0 saturated heterocycles. The molecule has 2 heteroatoms. The van der Waals surface area contributed by atoms with Crippen LogP contribution in [0.5, 0.6) is 0 Å². The molecule has 0 radical (unpaired) electrons. The van der Waals surface area contributed by atoms with Crippen LogP contribution >= 0.6 is 0 Å². The summed E-state index contributed by atoms with van der Waals surface area (Å²) < 4.78 is 2.44. The predicted molar refractivity (Wildman–Crippen MR) is 148 cm³/mol. The second-order valence-corrected chi connectivity index (χ2v) is 11.0. The lowest BCUT2D eigenvalue weighted by Crippen LogP contribution is -2.44. The van der Waals surface area contributed by atoms with Crippen LogP contribution in [0.2, 0.25) is 0 Å². The highest BCUT2D eigenvalue weighted by Gasteiger charge is 2.29. The summed E-state index contributed by atoms with van der Waals surface area (Å²) in [5, 5.41) is 0. The number of nitrogens with one attached hydrogen (secondary N) is 1. The Bertz CT molecular complexity index is 676. The SMILES string of the molecule is CCCCCCCCCCCCCCCCCC(C(Cc1ccccc1)C(C)C)[n+]1cc[nH]c1. The number of aromatic nitrogens is 2. The molecule has 2 aromatic rings. The number of nitrogens with zero attached hydrogens (tertiary/aromatic N) is 1. The molecule has 0 aliphatic heterocycles. The smallest absolute Gasteiger partial charge is 0.241 e. The largest absolute Gasteiger partial charge is 0.250 e. The van der Waals surface area contributed by atoms with Gasteiger partial charge in [-0.3, -0.25) is 4.98 Å². The molecular formula is C32H55N2+. The monoisotopic (exact) mass is 467 g/mol. The second kappa shape index (κ2) is 18.7. The first-order valence-electron chi connectivity index (χ1n) is 14.8. The van der Waals surface area contributed by atoms with Crippen molar-refractivity contribution in [1.82, 2.24) is 4.98 Å². The maximum atomic E-state index is 3.28. The predicted octanol–water partition coefficient (Wildman–Crippen LogP) is 9.62. The van der Waals surface area contributed by atoms with Gasteiger partial charge in [0.1, 0.15) is 18.4 Å². The fourth-order valence-corrected chi connectivity index (χ4v) is 5.52. The Morgan fingerprint density at radius 3 is 1.71 bits per heavy atom. The Balaban J connectivity index is 1.60. The molecule has 0 amide bonds. The molecule has 2 unspecified atom stereocenters. The molecule has 0 aliphatic carbocycles. The molecule has 0 bridgehead atoms. The van der Waals surface area contributed by atoms with Crippen LogP contribution in [0.4, 0.5) is 0 Å². The Hall–Kier alpha value is -1.57. The van der Waals surface area contributed by atoms with E-state index < -0.39 is 0 Å². The standard InChI is InChI=1S/C32H54N2/c1-4-5-6-7-8-9-10-11-12-13-14-15-16-17-21-24-32(34-26-25-33-28-34)31(29(2)3)27-30-22-19-18-20-23-30/h18-20,22-23,25-26,28-29,31-32H,4-17,21,24,27H2,1-3H3/p+1. The van der Waals surface area contributed by atoms with Gasteiger partial charge < -0.3 is 0 Å². The zero-order valence-electron chi connectivity index (χ0n) is 22.8. The molecule has 192 valence electrons. The van der Waals surface area contributed by atoms with Gasteiger partial charge in [-0.15, -0.1) is 0 Å². The van der Waals surface area contributed by atoms with Crippen LogP contribution in [0.3, 0.4) is 0 Å². The number of unbranched alkanes of at least 4 members (excludes halogenated alkanes) is 14. The van der Waals surface area contributed by atoms with Crippen molar-refractivity contribution in [2.45, 2.75) is 136 Å². The summed E-state index contributed by atoms with van der Waals surface area (Å²) in [6.07, 6.45) is 30.4. The van der Waals surface area contributed by atoms with E-state index in [9.17, 15) is 0 Å². The molecule has 2 atom stereocenters. The van der Waals surface area contributed by atoms with Crippen molar-refractivity contribution >= 4 is 0 Å². The van der Waals surface area contributed by atoms with Crippen molar-refractivity contribution in [2.24, 2.45) is 11.8 Å². The van der Waals surface area contributed by atoms with Crippen LogP contribution in [-0.4, -0.2) is 4.98 Å². The van der Waals surface area contributed by atoms with E-state index >= 15 is 0 Å². The van der Waals surface area contributed by atoms with Crippen LogP contribution in [0.1, 0.15) is 135 Å². The first kappa shape index (κ1) is 28.7. The van der Waals surface area contributed by atoms with Crippen molar-refractivity contribution in [2.75, 3.05) is 0 Å². The van der Waals surface area contributed by atoms with Gasteiger partial charge in [-0.2, -0.15) is 0 Å². The van der Waals surface area contributed by atoms with Crippen molar-refractivity contribution in [3.8, 4) is 0 Å². The molecule has 1 heterocycles. The first-order valence-corrected chi connectivity index (χ1v) is 14.8. The van der Waals surface area contributed by atoms with E-state index in [4.69, 9.17) is 0 Å². The van der Waals surface area contributed by atoms with E-state index in [1.54, 1.807) is 0 Å². The summed E-state index contributed by atoms with van der Waals surface area (Å²) in [7, 11) is 0. The zero-order chi connectivity index (χ0) is 24.3. The molecule has 2 rings (SSSR count). The first-order chi connectivity index (χ1) is 16.7. The Labute approximate surface area is 212 Å². The molecule has 0 aliphatic rings. The van der Waals surface area contributed by atoms with Gasteiger partial charge in [0.05, 0.1) is 0 Å². The number of H-pyrrole nitrogens is 1. The Morgan fingerprint density at radius 1 is 0.706 bits per heavy atom.